The summed E-state index contributed by atoms with van der Waals surface area (Å²) in [5.41, 5.74) is 3.15. The number of nitrogens with one attached hydrogen (secondary N) is 1. The summed E-state index contributed by atoms with van der Waals surface area (Å²) >= 11 is 1.87. The molecule has 2 unspecified atom stereocenters. The van der Waals surface area contributed by atoms with E-state index in [4.69, 9.17) is 5.84 Å². The van der Waals surface area contributed by atoms with Gasteiger partial charge in [-0.15, -0.1) is 0 Å². The van der Waals surface area contributed by atoms with Gasteiger partial charge in [0.25, 0.3) is 0 Å². The first-order valence-electron chi connectivity index (χ1n) is 6.23. The molecule has 0 saturated carbocycles. The Morgan fingerprint density at radius 2 is 2.22 bits per heavy atom. The second-order valence-corrected chi connectivity index (χ2v) is 5.94. The van der Waals surface area contributed by atoms with Gasteiger partial charge in [-0.2, -0.15) is 11.8 Å². The summed E-state index contributed by atoms with van der Waals surface area (Å²) in [6.07, 6.45) is 3.92. The Morgan fingerprint density at radius 3 is 2.89 bits per heavy atom. The van der Waals surface area contributed by atoms with Crippen LogP contribution in [0, 0.1) is 11.6 Å². The van der Waals surface area contributed by atoms with Gasteiger partial charge in [-0.05, 0) is 36.6 Å². The van der Waals surface area contributed by atoms with Crippen molar-refractivity contribution in [2.75, 3.05) is 5.75 Å². The second-order valence-electron chi connectivity index (χ2n) is 4.60. The van der Waals surface area contributed by atoms with Crippen LogP contribution in [0.4, 0.5) is 8.78 Å². The summed E-state index contributed by atoms with van der Waals surface area (Å²) in [5.74, 6) is 5.14. The summed E-state index contributed by atoms with van der Waals surface area (Å²) < 4.78 is 26.8. The van der Waals surface area contributed by atoms with Gasteiger partial charge in [0.05, 0.1) is 0 Å². The fourth-order valence-corrected chi connectivity index (χ4v) is 3.74. The third-order valence-electron chi connectivity index (χ3n) is 3.35. The highest BCUT2D eigenvalue weighted by atomic mass is 32.2. The monoisotopic (exact) mass is 272 g/mol. The highest BCUT2D eigenvalue weighted by Gasteiger charge is 2.24. The predicted octanol–water partition coefficient (Wildman–Crippen LogP) is 2.62. The maximum atomic E-state index is 13.6. The number of halogens is 2. The van der Waals surface area contributed by atoms with Crippen LogP contribution in [0.2, 0.25) is 0 Å². The average molecular weight is 272 g/mol. The van der Waals surface area contributed by atoms with Crippen molar-refractivity contribution in [3.05, 3.63) is 35.4 Å². The quantitative estimate of drug-likeness (QED) is 0.653. The van der Waals surface area contributed by atoms with Crippen LogP contribution in [0.3, 0.4) is 0 Å². The van der Waals surface area contributed by atoms with E-state index in [9.17, 15) is 8.78 Å². The molecule has 100 valence electrons. The minimum absolute atomic E-state index is 0.00778. The average Bonchev–Trinajstić information content (AvgIpc) is 2.41. The van der Waals surface area contributed by atoms with Crippen molar-refractivity contribution in [3.8, 4) is 0 Å². The maximum absolute atomic E-state index is 13.6. The van der Waals surface area contributed by atoms with Gasteiger partial charge in [0.1, 0.15) is 0 Å². The normalized spacial score (nSPS) is 21.8. The molecular formula is C13H18F2N2S. The van der Waals surface area contributed by atoms with E-state index in [1.54, 1.807) is 6.07 Å². The van der Waals surface area contributed by atoms with E-state index in [0.29, 0.717) is 17.2 Å². The van der Waals surface area contributed by atoms with Gasteiger partial charge in [-0.1, -0.05) is 18.6 Å². The zero-order valence-electron chi connectivity index (χ0n) is 10.2. The highest BCUT2D eigenvalue weighted by molar-refractivity contribution is 8.00. The molecule has 1 aliphatic rings. The molecule has 1 aromatic carbocycles. The van der Waals surface area contributed by atoms with Gasteiger partial charge in [0.15, 0.2) is 11.6 Å². The van der Waals surface area contributed by atoms with Crippen molar-refractivity contribution in [2.45, 2.75) is 37.0 Å². The fourth-order valence-electron chi connectivity index (χ4n) is 2.32. The lowest BCUT2D eigenvalue weighted by Crippen LogP contribution is -2.45. The molecule has 0 bridgehead atoms. The molecular weight excluding hydrogens is 254 g/mol. The van der Waals surface area contributed by atoms with E-state index in [1.165, 1.54) is 18.9 Å². The minimum Gasteiger partial charge on any atom is -0.271 e. The number of hydrazine groups is 1. The zero-order valence-corrected chi connectivity index (χ0v) is 11.0. The van der Waals surface area contributed by atoms with E-state index >= 15 is 0 Å². The molecule has 18 heavy (non-hydrogen) atoms. The van der Waals surface area contributed by atoms with Crippen molar-refractivity contribution < 1.29 is 8.78 Å². The smallest absolute Gasteiger partial charge is 0.162 e. The standard InChI is InChI=1S/C13H18F2N2S/c14-10-5-3-4-9(13(10)15)8-11(17-16)12-6-1-2-7-18-12/h3-5,11-12,17H,1-2,6-8,16H2. The Labute approximate surface area is 110 Å². The molecule has 1 saturated heterocycles. The van der Waals surface area contributed by atoms with Gasteiger partial charge in [0, 0.05) is 11.3 Å². The third-order valence-corrected chi connectivity index (χ3v) is 4.87. The molecule has 0 spiro atoms. The molecule has 2 nitrogen and oxygen atoms in total. The fraction of sp³-hybridized carbons (Fsp3) is 0.538. The van der Waals surface area contributed by atoms with Gasteiger partial charge < -0.3 is 0 Å². The molecule has 1 heterocycles. The SMILES string of the molecule is NNC(Cc1cccc(F)c1F)C1CCCCS1. The largest absolute Gasteiger partial charge is 0.271 e. The molecule has 0 aromatic heterocycles. The number of hydrogen-bond acceptors (Lipinski definition) is 3. The van der Waals surface area contributed by atoms with Gasteiger partial charge in [0.2, 0.25) is 0 Å². The van der Waals surface area contributed by atoms with Crippen LogP contribution in [0.15, 0.2) is 18.2 Å². The van der Waals surface area contributed by atoms with E-state index in [2.05, 4.69) is 5.43 Å². The van der Waals surface area contributed by atoms with Gasteiger partial charge in [-0.25, -0.2) is 8.78 Å². The first kappa shape index (κ1) is 13.8. The van der Waals surface area contributed by atoms with Crippen molar-refractivity contribution >= 4 is 11.8 Å². The molecule has 0 aliphatic carbocycles. The lowest BCUT2D eigenvalue weighted by molar-refractivity contribution is 0.451. The van der Waals surface area contributed by atoms with Crippen LogP contribution < -0.4 is 11.3 Å². The Morgan fingerprint density at radius 1 is 1.39 bits per heavy atom. The number of benzene rings is 1. The van der Waals surface area contributed by atoms with Crippen molar-refractivity contribution in [1.29, 1.82) is 0 Å². The van der Waals surface area contributed by atoms with Crippen molar-refractivity contribution in [1.82, 2.24) is 5.43 Å². The third kappa shape index (κ3) is 3.22. The Balaban J connectivity index is 2.07. The number of hydrogen-bond donors (Lipinski definition) is 2. The molecule has 3 N–H and O–H groups in total. The van der Waals surface area contributed by atoms with E-state index in [-0.39, 0.29) is 6.04 Å². The summed E-state index contributed by atoms with van der Waals surface area (Å²) in [7, 11) is 0. The Bertz CT molecular complexity index is 395. The van der Waals surface area contributed by atoms with Crippen LogP contribution in [0.5, 0.6) is 0 Å². The van der Waals surface area contributed by atoms with Gasteiger partial charge in [-0.3, -0.25) is 11.3 Å². The first-order chi connectivity index (χ1) is 8.72. The summed E-state index contributed by atoms with van der Waals surface area (Å²) in [4.78, 5) is 0. The molecule has 1 aromatic rings. The highest BCUT2D eigenvalue weighted by Crippen LogP contribution is 2.29. The van der Waals surface area contributed by atoms with Crippen LogP contribution >= 0.6 is 11.8 Å². The number of thioether (sulfide) groups is 1. The summed E-state index contributed by atoms with van der Waals surface area (Å²) in [5, 5.41) is 0.381. The van der Waals surface area contributed by atoms with Crippen molar-refractivity contribution in [2.24, 2.45) is 5.84 Å². The molecule has 1 fully saturated rings. The van der Waals surface area contributed by atoms with Gasteiger partial charge >= 0.3 is 0 Å². The summed E-state index contributed by atoms with van der Waals surface area (Å²) in [6.45, 7) is 0. The first-order valence-corrected chi connectivity index (χ1v) is 7.28. The lowest BCUT2D eigenvalue weighted by Gasteiger charge is -2.29. The molecule has 0 amide bonds. The molecule has 2 atom stereocenters. The van der Waals surface area contributed by atoms with E-state index < -0.39 is 11.6 Å². The number of nitrogens with two attached hydrogens (primary N) is 1. The molecule has 1 aliphatic heterocycles. The topological polar surface area (TPSA) is 38.0 Å². The van der Waals surface area contributed by atoms with Crippen LogP contribution in [0.25, 0.3) is 0 Å². The molecule has 0 radical (unpaired) electrons. The maximum Gasteiger partial charge on any atom is 0.162 e. The van der Waals surface area contributed by atoms with Crippen LogP contribution in [-0.4, -0.2) is 17.0 Å². The predicted molar refractivity (Wildman–Crippen MR) is 71.3 cm³/mol. The lowest BCUT2D eigenvalue weighted by atomic mass is 9.99. The van der Waals surface area contributed by atoms with E-state index in [1.807, 2.05) is 11.8 Å². The molecule has 5 heteroatoms. The van der Waals surface area contributed by atoms with E-state index in [0.717, 1.165) is 18.2 Å². The minimum atomic E-state index is -0.792. The second kappa shape index (κ2) is 6.50. The van der Waals surface area contributed by atoms with Crippen LogP contribution in [-0.2, 0) is 6.42 Å². The zero-order chi connectivity index (χ0) is 13.0. The summed E-state index contributed by atoms with van der Waals surface area (Å²) in [6, 6.07) is 4.29. The Kier molecular flexibility index (Phi) is 4.97. The number of rotatable bonds is 4. The molecule has 2 rings (SSSR count). The van der Waals surface area contributed by atoms with Crippen molar-refractivity contribution in [3.63, 3.8) is 0 Å². The Hall–Kier alpha value is -0.650. The van der Waals surface area contributed by atoms with Crippen LogP contribution in [0.1, 0.15) is 24.8 Å².